The number of fused-ring (bicyclic) bond motifs is 1. The van der Waals surface area contributed by atoms with Crippen molar-refractivity contribution >= 4 is 11.0 Å². The Hall–Kier alpha value is -3.33. The fourth-order valence-electron chi connectivity index (χ4n) is 2.73. The molecular formula is C22H16O3. The molecule has 3 nitrogen and oxygen atoms in total. The summed E-state index contributed by atoms with van der Waals surface area (Å²) >= 11 is 0. The Balaban J connectivity index is 1.64. The number of hydrogen-bond acceptors (Lipinski definition) is 3. The van der Waals surface area contributed by atoms with Crippen molar-refractivity contribution in [1.82, 2.24) is 0 Å². The van der Waals surface area contributed by atoms with Crippen LogP contribution in [0.2, 0.25) is 0 Å². The van der Waals surface area contributed by atoms with Crippen molar-refractivity contribution in [2.75, 3.05) is 0 Å². The standard InChI is InChI=1S/C22H16O3/c23-20-14-22(25-21-12-5-4-11-19(20)21)17-9-6-10-18(13-17)24-15-16-7-2-1-3-8-16/h1-14H,15H2. The molecule has 0 radical (unpaired) electrons. The quantitative estimate of drug-likeness (QED) is 0.527. The van der Waals surface area contributed by atoms with E-state index < -0.39 is 0 Å². The lowest BCUT2D eigenvalue weighted by atomic mass is 10.1. The van der Waals surface area contributed by atoms with Gasteiger partial charge in [0.15, 0.2) is 5.43 Å². The van der Waals surface area contributed by atoms with Gasteiger partial charge in [0, 0.05) is 11.6 Å². The van der Waals surface area contributed by atoms with Gasteiger partial charge < -0.3 is 9.15 Å². The van der Waals surface area contributed by atoms with Gasteiger partial charge in [-0.15, -0.1) is 0 Å². The average Bonchev–Trinajstić information content (AvgIpc) is 2.67. The Morgan fingerprint density at radius 1 is 0.800 bits per heavy atom. The topological polar surface area (TPSA) is 39.4 Å². The highest BCUT2D eigenvalue weighted by atomic mass is 16.5. The lowest BCUT2D eigenvalue weighted by Crippen LogP contribution is -2.00. The van der Waals surface area contributed by atoms with Gasteiger partial charge in [-0.1, -0.05) is 54.6 Å². The molecule has 0 aliphatic rings. The van der Waals surface area contributed by atoms with E-state index in [9.17, 15) is 4.79 Å². The zero-order chi connectivity index (χ0) is 17.1. The first kappa shape index (κ1) is 15.2. The van der Waals surface area contributed by atoms with E-state index in [1.165, 1.54) is 6.07 Å². The average molecular weight is 328 g/mol. The van der Waals surface area contributed by atoms with Gasteiger partial charge in [0.2, 0.25) is 0 Å². The van der Waals surface area contributed by atoms with Crippen LogP contribution in [0.4, 0.5) is 0 Å². The number of benzene rings is 3. The molecule has 122 valence electrons. The van der Waals surface area contributed by atoms with E-state index in [1.807, 2.05) is 66.7 Å². The maximum absolute atomic E-state index is 12.3. The van der Waals surface area contributed by atoms with E-state index in [1.54, 1.807) is 12.1 Å². The second-order valence-electron chi connectivity index (χ2n) is 5.77. The Bertz CT molecular complexity index is 1070. The molecule has 0 N–H and O–H groups in total. The second kappa shape index (κ2) is 6.65. The zero-order valence-electron chi connectivity index (χ0n) is 13.5. The van der Waals surface area contributed by atoms with Crippen molar-refractivity contribution in [2.24, 2.45) is 0 Å². The van der Waals surface area contributed by atoms with E-state index in [4.69, 9.17) is 9.15 Å². The number of para-hydroxylation sites is 1. The Kier molecular flexibility index (Phi) is 4.05. The molecule has 1 heterocycles. The van der Waals surface area contributed by atoms with Crippen molar-refractivity contribution in [1.29, 1.82) is 0 Å². The smallest absolute Gasteiger partial charge is 0.193 e. The number of hydrogen-bond donors (Lipinski definition) is 0. The summed E-state index contributed by atoms with van der Waals surface area (Å²) in [5.74, 6) is 1.27. The minimum Gasteiger partial charge on any atom is -0.489 e. The summed E-state index contributed by atoms with van der Waals surface area (Å²) in [6.45, 7) is 0.492. The Labute approximate surface area is 145 Å². The predicted octanol–water partition coefficient (Wildman–Crippen LogP) is 5.04. The third-order valence-electron chi connectivity index (χ3n) is 4.00. The molecule has 4 rings (SSSR count). The summed E-state index contributed by atoms with van der Waals surface area (Å²) in [5.41, 5.74) is 2.45. The molecule has 0 saturated carbocycles. The maximum atomic E-state index is 12.3. The first-order valence-electron chi connectivity index (χ1n) is 8.10. The fourth-order valence-corrected chi connectivity index (χ4v) is 2.73. The van der Waals surface area contributed by atoms with Gasteiger partial charge in [-0.25, -0.2) is 0 Å². The van der Waals surface area contributed by atoms with Crippen molar-refractivity contribution in [3.63, 3.8) is 0 Å². The molecule has 1 aromatic heterocycles. The van der Waals surface area contributed by atoms with Crippen LogP contribution in [0.25, 0.3) is 22.3 Å². The van der Waals surface area contributed by atoms with E-state index >= 15 is 0 Å². The molecule has 0 atom stereocenters. The highest BCUT2D eigenvalue weighted by Gasteiger charge is 2.07. The molecule has 0 aliphatic carbocycles. The van der Waals surface area contributed by atoms with Crippen LogP contribution in [0.5, 0.6) is 5.75 Å². The molecule has 0 amide bonds. The van der Waals surface area contributed by atoms with Gasteiger partial charge in [-0.05, 0) is 29.8 Å². The van der Waals surface area contributed by atoms with Gasteiger partial charge in [0.25, 0.3) is 0 Å². The van der Waals surface area contributed by atoms with E-state index in [0.717, 1.165) is 16.9 Å². The lowest BCUT2D eigenvalue weighted by Gasteiger charge is -2.08. The first-order valence-corrected chi connectivity index (χ1v) is 8.10. The minimum atomic E-state index is -0.0487. The third kappa shape index (κ3) is 3.31. The van der Waals surface area contributed by atoms with Crippen LogP contribution in [0, 0.1) is 0 Å². The SMILES string of the molecule is O=c1cc(-c2cccc(OCc3ccccc3)c2)oc2ccccc12. The van der Waals surface area contributed by atoms with Crippen molar-refractivity contribution in [3.8, 4) is 17.1 Å². The molecular weight excluding hydrogens is 312 g/mol. The van der Waals surface area contributed by atoms with Crippen molar-refractivity contribution < 1.29 is 9.15 Å². The largest absolute Gasteiger partial charge is 0.489 e. The summed E-state index contributed by atoms with van der Waals surface area (Å²) in [6, 6.07) is 26.3. The summed E-state index contributed by atoms with van der Waals surface area (Å²) in [5, 5.41) is 0.586. The van der Waals surface area contributed by atoms with Crippen LogP contribution in [-0.4, -0.2) is 0 Å². The molecule has 0 bridgehead atoms. The van der Waals surface area contributed by atoms with Crippen LogP contribution in [0.15, 0.2) is 94.1 Å². The molecule has 0 spiro atoms. The normalized spacial score (nSPS) is 10.7. The molecule has 0 aliphatic heterocycles. The number of ether oxygens (including phenoxy) is 1. The summed E-state index contributed by atoms with van der Waals surface area (Å²) in [4.78, 5) is 12.3. The van der Waals surface area contributed by atoms with Crippen molar-refractivity contribution in [2.45, 2.75) is 6.61 Å². The van der Waals surface area contributed by atoms with E-state index in [-0.39, 0.29) is 5.43 Å². The molecule has 4 aromatic rings. The molecule has 3 heteroatoms. The fraction of sp³-hybridized carbons (Fsp3) is 0.0455. The van der Waals surface area contributed by atoms with Crippen LogP contribution >= 0.6 is 0 Å². The summed E-state index contributed by atoms with van der Waals surface area (Å²) < 4.78 is 11.7. The molecule has 25 heavy (non-hydrogen) atoms. The predicted molar refractivity (Wildman–Crippen MR) is 98.7 cm³/mol. The van der Waals surface area contributed by atoms with E-state index in [2.05, 4.69) is 0 Å². The first-order chi connectivity index (χ1) is 12.3. The molecule has 0 saturated heterocycles. The minimum absolute atomic E-state index is 0.0487. The monoisotopic (exact) mass is 328 g/mol. The van der Waals surface area contributed by atoms with E-state index in [0.29, 0.717) is 23.3 Å². The molecule has 3 aromatic carbocycles. The highest BCUT2D eigenvalue weighted by molar-refractivity contribution is 5.78. The summed E-state index contributed by atoms with van der Waals surface area (Å²) in [7, 11) is 0. The van der Waals surface area contributed by atoms with Crippen LogP contribution < -0.4 is 10.2 Å². The third-order valence-corrected chi connectivity index (χ3v) is 4.00. The summed E-state index contributed by atoms with van der Waals surface area (Å²) in [6.07, 6.45) is 0. The van der Waals surface area contributed by atoms with Gasteiger partial charge in [0.05, 0.1) is 5.39 Å². The Morgan fingerprint density at radius 3 is 2.48 bits per heavy atom. The maximum Gasteiger partial charge on any atom is 0.193 e. The molecule has 0 fully saturated rings. The second-order valence-corrected chi connectivity index (χ2v) is 5.77. The Morgan fingerprint density at radius 2 is 1.60 bits per heavy atom. The van der Waals surface area contributed by atoms with Crippen LogP contribution in [0.1, 0.15) is 5.56 Å². The van der Waals surface area contributed by atoms with Gasteiger partial charge in [-0.3, -0.25) is 4.79 Å². The van der Waals surface area contributed by atoms with Crippen LogP contribution in [-0.2, 0) is 6.61 Å². The zero-order valence-corrected chi connectivity index (χ0v) is 13.5. The molecule has 0 unspecified atom stereocenters. The van der Waals surface area contributed by atoms with Gasteiger partial charge in [0.1, 0.15) is 23.7 Å². The lowest BCUT2D eigenvalue weighted by molar-refractivity contribution is 0.306. The van der Waals surface area contributed by atoms with Gasteiger partial charge in [-0.2, -0.15) is 0 Å². The van der Waals surface area contributed by atoms with Gasteiger partial charge >= 0.3 is 0 Å². The van der Waals surface area contributed by atoms with Crippen LogP contribution in [0.3, 0.4) is 0 Å². The van der Waals surface area contributed by atoms with Crippen molar-refractivity contribution in [3.05, 3.63) is 101 Å². The number of rotatable bonds is 4. The highest BCUT2D eigenvalue weighted by Crippen LogP contribution is 2.26.